The molecular formula is C15H14N2O2. The molecule has 4 heteroatoms. The van der Waals surface area contributed by atoms with Crippen LogP contribution >= 0.6 is 0 Å². The van der Waals surface area contributed by atoms with E-state index in [1.54, 1.807) is 18.5 Å². The molecule has 0 radical (unpaired) electrons. The van der Waals surface area contributed by atoms with Crippen LogP contribution in [-0.4, -0.2) is 4.98 Å². The van der Waals surface area contributed by atoms with Crippen molar-refractivity contribution in [3.05, 3.63) is 53.3 Å². The van der Waals surface area contributed by atoms with Crippen LogP contribution in [0.2, 0.25) is 0 Å². The molecule has 0 amide bonds. The fraction of sp³-hybridized carbons (Fsp3) is 0.200. The van der Waals surface area contributed by atoms with Gasteiger partial charge in [-0.15, -0.1) is 5.26 Å². The molecule has 2 aromatic rings. The molecule has 19 heavy (non-hydrogen) atoms. The van der Waals surface area contributed by atoms with E-state index in [4.69, 9.17) is 14.7 Å². The van der Waals surface area contributed by atoms with Crippen molar-refractivity contribution in [1.82, 2.24) is 4.98 Å². The second kappa shape index (κ2) is 5.87. The lowest BCUT2D eigenvalue weighted by Crippen LogP contribution is -2.02. The second-order valence-electron chi connectivity index (χ2n) is 4.12. The van der Waals surface area contributed by atoms with Gasteiger partial charge in [0.1, 0.15) is 18.1 Å². The lowest BCUT2D eigenvalue weighted by Gasteiger charge is -2.12. The highest BCUT2D eigenvalue weighted by atomic mass is 16.5. The Morgan fingerprint density at radius 2 is 1.95 bits per heavy atom. The van der Waals surface area contributed by atoms with Crippen LogP contribution in [0.4, 0.5) is 0 Å². The number of rotatable bonds is 4. The maximum absolute atomic E-state index is 8.64. The Labute approximate surface area is 112 Å². The van der Waals surface area contributed by atoms with Crippen LogP contribution in [0.3, 0.4) is 0 Å². The number of benzene rings is 1. The summed E-state index contributed by atoms with van der Waals surface area (Å²) >= 11 is 0. The first-order valence-corrected chi connectivity index (χ1v) is 5.91. The van der Waals surface area contributed by atoms with Crippen LogP contribution in [0.1, 0.15) is 16.8 Å². The SMILES string of the molecule is Cc1cccc(OC#N)c1COc1cccnc1C. The second-order valence-corrected chi connectivity index (χ2v) is 4.12. The Kier molecular flexibility index (Phi) is 3.99. The lowest BCUT2D eigenvalue weighted by molar-refractivity contribution is 0.296. The average molecular weight is 254 g/mol. The zero-order valence-electron chi connectivity index (χ0n) is 10.9. The molecule has 2 rings (SSSR count). The van der Waals surface area contributed by atoms with E-state index in [1.165, 1.54) is 0 Å². The summed E-state index contributed by atoms with van der Waals surface area (Å²) in [4.78, 5) is 4.16. The van der Waals surface area contributed by atoms with Gasteiger partial charge in [0.15, 0.2) is 0 Å². The van der Waals surface area contributed by atoms with E-state index >= 15 is 0 Å². The normalized spacial score (nSPS) is 9.74. The van der Waals surface area contributed by atoms with Crippen LogP contribution in [0.15, 0.2) is 36.5 Å². The van der Waals surface area contributed by atoms with Gasteiger partial charge in [0.25, 0.3) is 6.26 Å². The van der Waals surface area contributed by atoms with Crippen LogP contribution in [-0.2, 0) is 6.61 Å². The molecule has 1 aromatic heterocycles. The number of hydrogen-bond acceptors (Lipinski definition) is 4. The van der Waals surface area contributed by atoms with E-state index < -0.39 is 0 Å². The molecule has 0 aliphatic carbocycles. The number of nitriles is 1. The molecule has 0 unspecified atom stereocenters. The Bertz CT molecular complexity index is 618. The van der Waals surface area contributed by atoms with Gasteiger partial charge >= 0.3 is 0 Å². The molecular weight excluding hydrogens is 240 g/mol. The van der Waals surface area contributed by atoms with Gasteiger partial charge in [-0.25, -0.2) is 0 Å². The fourth-order valence-electron chi connectivity index (χ4n) is 1.78. The number of aromatic nitrogens is 1. The van der Waals surface area contributed by atoms with Crippen molar-refractivity contribution < 1.29 is 9.47 Å². The van der Waals surface area contributed by atoms with Crippen LogP contribution in [0.25, 0.3) is 0 Å². The summed E-state index contributed by atoms with van der Waals surface area (Å²) in [6.07, 6.45) is 3.42. The minimum atomic E-state index is 0.343. The third-order valence-corrected chi connectivity index (χ3v) is 2.85. The average Bonchev–Trinajstić information content (AvgIpc) is 2.40. The molecule has 0 spiro atoms. The molecule has 0 N–H and O–H groups in total. The van der Waals surface area contributed by atoms with Crippen LogP contribution in [0, 0.1) is 25.4 Å². The highest BCUT2D eigenvalue weighted by Crippen LogP contribution is 2.24. The molecule has 0 aliphatic heterocycles. The predicted molar refractivity (Wildman–Crippen MR) is 70.7 cm³/mol. The molecule has 0 fully saturated rings. The number of ether oxygens (including phenoxy) is 2. The Morgan fingerprint density at radius 1 is 1.16 bits per heavy atom. The Morgan fingerprint density at radius 3 is 2.68 bits per heavy atom. The van der Waals surface area contributed by atoms with Crippen molar-refractivity contribution in [2.24, 2.45) is 0 Å². The Balaban J connectivity index is 2.20. The molecule has 0 aliphatic rings. The molecule has 0 saturated heterocycles. The first-order valence-electron chi connectivity index (χ1n) is 5.91. The van der Waals surface area contributed by atoms with E-state index in [-0.39, 0.29) is 0 Å². The third-order valence-electron chi connectivity index (χ3n) is 2.85. The minimum Gasteiger partial charge on any atom is -0.487 e. The summed E-state index contributed by atoms with van der Waals surface area (Å²) in [5, 5.41) is 8.64. The zero-order valence-corrected chi connectivity index (χ0v) is 10.9. The first-order chi connectivity index (χ1) is 9.22. The number of aryl methyl sites for hydroxylation is 2. The molecule has 96 valence electrons. The van der Waals surface area contributed by atoms with Crippen molar-refractivity contribution in [2.75, 3.05) is 0 Å². The largest absolute Gasteiger partial charge is 0.487 e. The van der Waals surface area contributed by atoms with Gasteiger partial charge in [-0.05, 0) is 37.6 Å². The van der Waals surface area contributed by atoms with Crippen molar-refractivity contribution >= 4 is 0 Å². The van der Waals surface area contributed by atoms with Crippen molar-refractivity contribution in [1.29, 1.82) is 5.26 Å². The van der Waals surface area contributed by atoms with E-state index in [1.807, 2.05) is 38.1 Å². The summed E-state index contributed by atoms with van der Waals surface area (Å²) in [6.45, 7) is 4.19. The van der Waals surface area contributed by atoms with E-state index in [0.717, 1.165) is 22.6 Å². The van der Waals surface area contributed by atoms with Gasteiger partial charge in [-0.1, -0.05) is 12.1 Å². The van der Waals surface area contributed by atoms with Gasteiger partial charge in [0, 0.05) is 11.8 Å². The molecule has 1 aromatic carbocycles. The molecule has 0 bridgehead atoms. The first kappa shape index (κ1) is 12.9. The smallest absolute Gasteiger partial charge is 0.292 e. The predicted octanol–water partition coefficient (Wildman–Crippen LogP) is 3.14. The maximum atomic E-state index is 8.64. The summed E-state index contributed by atoms with van der Waals surface area (Å²) in [6, 6.07) is 9.25. The van der Waals surface area contributed by atoms with Crippen LogP contribution < -0.4 is 9.47 Å². The monoisotopic (exact) mass is 254 g/mol. The minimum absolute atomic E-state index is 0.343. The van der Waals surface area contributed by atoms with Crippen LogP contribution in [0.5, 0.6) is 11.5 Å². The van der Waals surface area contributed by atoms with Crippen molar-refractivity contribution in [3.63, 3.8) is 0 Å². The summed E-state index contributed by atoms with van der Waals surface area (Å²) < 4.78 is 10.7. The Hall–Kier alpha value is -2.54. The third kappa shape index (κ3) is 3.02. The van der Waals surface area contributed by atoms with Crippen molar-refractivity contribution in [2.45, 2.75) is 20.5 Å². The van der Waals surface area contributed by atoms with Gasteiger partial charge < -0.3 is 9.47 Å². The molecule has 1 heterocycles. The van der Waals surface area contributed by atoms with Gasteiger partial charge in [0.2, 0.25) is 0 Å². The van der Waals surface area contributed by atoms with Gasteiger partial charge in [-0.3, -0.25) is 4.98 Å². The number of nitrogens with zero attached hydrogens (tertiary/aromatic N) is 2. The molecule has 0 saturated carbocycles. The lowest BCUT2D eigenvalue weighted by atomic mass is 10.1. The van der Waals surface area contributed by atoms with E-state index in [0.29, 0.717) is 12.4 Å². The summed E-state index contributed by atoms with van der Waals surface area (Å²) in [7, 11) is 0. The number of hydrogen-bond donors (Lipinski definition) is 0. The van der Waals surface area contributed by atoms with Crippen molar-refractivity contribution in [3.8, 4) is 17.8 Å². The zero-order chi connectivity index (χ0) is 13.7. The fourth-order valence-corrected chi connectivity index (χ4v) is 1.78. The highest BCUT2D eigenvalue weighted by Gasteiger charge is 2.09. The highest BCUT2D eigenvalue weighted by molar-refractivity contribution is 5.40. The quantitative estimate of drug-likeness (QED) is 0.786. The standard InChI is InChI=1S/C15H14N2O2/c1-11-5-3-6-15(19-10-16)13(11)9-18-14-7-4-8-17-12(14)2/h3-8H,9H2,1-2H3. The molecule has 4 nitrogen and oxygen atoms in total. The number of pyridine rings is 1. The maximum Gasteiger partial charge on any atom is 0.292 e. The van der Waals surface area contributed by atoms with E-state index in [9.17, 15) is 0 Å². The van der Waals surface area contributed by atoms with Gasteiger partial charge in [-0.2, -0.15) is 0 Å². The van der Waals surface area contributed by atoms with Gasteiger partial charge in [0.05, 0.1) is 5.69 Å². The summed E-state index contributed by atoms with van der Waals surface area (Å²) in [5.74, 6) is 1.26. The summed E-state index contributed by atoms with van der Waals surface area (Å²) in [5.41, 5.74) is 2.72. The molecule has 0 atom stereocenters. The van der Waals surface area contributed by atoms with E-state index in [2.05, 4.69) is 4.98 Å². The topological polar surface area (TPSA) is 55.1 Å².